The van der Waals surface area contributed by atoms with Gasteiger partial charge in [0.2, 0.25) is 10.0 Å². The van der Waals surface area contributed by atoms with Gasteiger partial charge in [-0.25, -0.2) is 8.42 Å². The molecule has 0 radical (unpaired) electrons. The Morgan fingerprint density at radius 1 is 1.42 bits per heavy atom. The number of carbonyl (C=O) groups is 2. The van der Waals surface area contributed by atoms with Crippen LogP contribution in [0, 0.1) is 0 Å². The summed E-state index contributed by atoms with van der Waals surface area (Å²) in [5.41, 5.74) is 0.141. The molecule has 134 valence electrons. The van der Waals surface area contributed by atoms with E-state index in [1.54, 1.807) is 18.7 Å². The number of carboxylic acids is 1. The van der Waals surface area contributed by atoms with Crippen LogP contribution in [0.3, 0.4) is 0 Å². The highest BCUT2D eigenvalue weighted by Gasteiger charge is 2.27. The molecule has 1 unspecified atom stereocenters. The Morgan fingerprint density at radius 3 is 2.71 bits per heavy atom. The van der Waals surface area contributed by atoms with Crippen molar-refractivity contribution in [3.05, 3.63) is 18.0 Å². The minimum atomic E-state index is -3.59. The highest BCUT2D eigenvalue weighted by Crippen LogP contribution is 2.20. The number of nitrogens with zero attached hydrogens (tertiary/aromatic N) is 1. The van der Waals surface area contributed by atoms with E-state index in [-0.39, 0.29) is 23.1 Å². The van der Waals surface area contributed by atoms with Crippen molar-refractivity contribution in [2.75, 3.05) is 24.6 Å². The van der Waals surface area contributed by atoms with E-state index in [0.29, 0.717) is 19.5 Å². The summed E-state index contributed by atoms with van der Waals surface area (Å²) in [5, 5.41) is 11.3. The fourth-order valence-electron chi connectivity index (χ4n) is 2.30. The lowest BCUT2D eigenvalue weighted by Gasteiger charge is -2.24. The molecule has 1 aromatic heterocycles. The molecular formula is C14H21N3O5S2. The van der Waals surface area contributed by atoms with Crippen LogP contribution in [0.15, 0.2) is 17.2 Å². The third kappa shape index (κ3) is 4.74. The van der Waals surface area contributed by atoms with Crippen LogP contribution >= 0.6 is 11.8 Å². The highest BCUT2D eigenvalue weighted by atomic mass is 32.2. The minimum absolute atomic E-state index is 0.0429. The first-order valence-electron chi connectivity index (χ1n) is 7.59. The number of thioether (sulfide) groups is 1. The van der Waals surface area contributed by atoms with Crippen LogP contribution in [-0.2, 0) is 14.8 Å². The number of aromatic nitrogens is 1. The van der Waals surface area contributed by atoms with Crippen LogP contribution in [0.4, 0.5) is 0 Å². The summed E-state index contributed by atoms with van der Waals surface area (Å²) in [4.78, 5) is 25.4. The average Bonchev–Trinajstić information content (AvgIpc) is 3.04. The van der Waals surface area contributed by atoms with Gasteiger partial charge in [-0.15, -0.1) is 0 Å². The smallest absolute Gasteiger partial charge is 0.303 e. The first kappa shape index (κ1) is 18.8. The van der Waals surface area contributed by atoms with Gasteiger partial charge < -0.3 is 15.4 Å². The van der Waals surface area contributed by atoms with Crippen molar-refractivity contribution >= 4 is 33.7 Å². The van der Waals surface area contributed by atoms with Gasteiger partial charge in [-0.05, 0) is 19.4 Å². The van der Waals surface area contributed by atoms with Crippen LogP contribution < -0.4 is 5.32 Å². The number of nitrogens with one attached hydrogen (secondary N) is 2. The summed E-state index contributed by atoms with van der Waals surface area (Å²) in [7, 11) is -3.59. The molecule has 1 amide bonds. The zero-order chi connectivity index (χ0) is 17.7. The van der Waals surface area contributed by atoms with Crippen molar-refractivity contribution in [3.8, 4) is 0 Å². The zero-order valence-electron chi connectivity index (χ0n) is 13.3. The molecule has 1 aromatic rings. The maximum atomic E-state index is 12.5. The van der Waals surface area contributed by atoms with Crippen molar-refractivity contribution < 1.29 is 23.1 Å². The van der Waals surface area contributed by atoms with E-state index >= 15 is 0 Å². The summed E-state index contributed by atoms with van der Waals surface area (Å²) in [6.07, 6.45) is 1.57. The predicted octanol–water partition coefficient (Wildman–Crippen LogP) is 0.735. The van der Waals surface area contributed by atoms with Crippen molar-refractivity contribution in [1.82, 2.24) is 14.6 Å². The van der Waals surface area contributed by atoms with Crippen molar-refractivity contribution in [1.29, 1.82) is 0 Å². The second-order valence-electron chi connectivity index (χ2n) is 5.57. The molecule has 0 bridgehead atoms. The van der Waals surface area contributed by atoms with E-state index in [2.05, 4.69) is 10.3 Å². The monoisotopic (exact) mass is 375 g/mol. The van der Waals surface area contributed by atoms with Crippen LogP contribution in [0.25, 0.3) is 0 Å². The highest BCUT2D eigenvalue weighted by molar-refractivity contribution is 7.99. The van der Waals surface area contributed by atoms with E-state index in [1.165, 1.54) is 16.6 Å². The maximum absolute atomic E-state index is 12.5. The summed E-state index contributed by atoms with van der Waals surface area (Å²) in [5.74, 6) is 0.142. The number of aromatic amines is 1. The Hall–Kier alpha value is -1.52. The number of sulfonamides is 1. The molecule has 1 fully saturated rings. The summed E-state index contributed by atoms with van der Waals surface area (Å²) >= 11 is 1.71. The van der Waals surface area contributed by atoms with Crippen molar-refractivity contribution in [3.63, 3.8) is 0 Å². The van der Waals surface area contributed by atoms with Gasteiger partial charge in [-0.1, -0.05) is 0 Å². The number of hydrogen-bond acceptors (Lipinski definition) is 5. The van der Waals surface area contributed by atoms with Gasteiger partial charge in [0.1, 0.15) is 10.6 Å². The largest absolute Gasteiger partial charge is 0.481 e. The van der Waals surface area contributed by atoms with Gasteiger partial charge in [-0.2, -0.15) is 16.1 Å². The third-order valence-corrected chi connectivity index (χ3v) is 6.50. The molecule has 10 heteroatoms. The van der Waals surface area contributed by atoms with Crippen LogP contribution in [-0.4, -0.2) is 65.3 Å². The standard InChI is InChI=1S/C14H21N3O5S2/c1-10(2-3-13(18)19)16-14(20)12-8-11(9-15-12)24(21,22)17-4-6-23-7-5-17/h8-10,15H,2-7H2,1H3,(H,16,20)(H,18,19). The molecule has 1 atom stereocenters. The van der Waals surface area contributed by atoms with Crippen LogP contribution in [0.2, 0.25) is 0 Å². The van der Waals surface area contributed by atoms with Crippen LogP contribution in [0.1, 0.15) is 30.3 Å². The number of hydrogen-bond donors (Lipinski definition) is 3. The van der Waals surface area contributed by atoms with E-state index in [1.807, 2.05) is 0 Å². The molecule has 1 saturated heterocycles. The topological polar surface area (TPSA) is 120 Å². The lowest BCUT2D eigenvalue weighted by atomic mass is 10.2. The normalized spacial score (nSPS) is 17.4. The van der Waals surface area contributed by atoms with Crippen molar-refractivity contribution in [2.24, 2.45) is 0 Å². The Morgan fingerprint density at radius 2 is 2.08 bits per heavy atom. The maximum Gasteiger partial charge on any atom is 0.303 e. The molecule has 3 N–H and O–H groups in total. The number of rotatable bonds is 7. The predicted molar refractivity (Wildman–Crippen MR) is 90.7 cm³/mol. The third-order valence-electron chi connectivity index (χ3n) is 3.68. The zero-order valence-corrected chi connectivity index (χ0v) is 15.0. The fraction of sp³-hybridized carbons (Fsp3) is 0.571. The number of carboxylic acid groups (broad SMARTS) is 1. The molecule has 8 nitrogen and oxygen atoms in total. The molecular weight excluding hydrogens is 354 g/mol. The molecule has 2 rings (SSSR count). The van der Waals surface area contributed by atoms with E-state index < -0.39 is 21.9 Å². The number of aliphatic carboxylic acids is 1. The molecule has 24 heavy (non-hydrogen) atoms. The van der Waals surface area contributed by atoms with E-state index in [4.69, 9.17) is 5.11 Å². The van der Waals surface area contributed by atoms with Crippen LogP contribution in [0.5, 0.6) is 0 Å². The van der Waals surface area contributed by atoms with E-state index in [0.717, 1.165) is 11.5 Å². The molecule has 0 spiro atoms. The Bertz CT molecular complexity index is 695. The molecule has 0 aliphatic carbocycles. The van der Waals surface area contributed by atoms with Gasteiger partial charge in [-0.3, -0.25) is 9.59 Å². The SMILES string of the molecule is CC(CCC(=O)O)NC(=O)c1cc(S(=O)(=O)N2CCSCC2)c[nH]1. The first-order chi connectivity index (χ1) is 11.3. The van der Waals surface area contributed by atoms with Gasteiger partial charge in [0.15, 0.2) is 0 Å². The van der Waals surface area contributed by atoms with Gasteiger partial charge in [0.05, 0.1) is 0 Å². The second-order valence-corrected chi connectivity index (χ2v) is 8.74. The molecule has 1 aliphatic heterocycles. The van der Waals surface area contributed by atoms with Crippen molar-refractivity contribution in [2.45, 2.75) is 30.7 Å². The van der Waals surface area contributed by atoms with Gasteiger partial charge >= 0.3 is 5.97 Å². The summed E-state index contributed by atoms with van der Waals surface area (Å²) in [6, 6.07) is 0.993. The quantitative estimate of drug-likeness (QED) is 0.646. The average molecular weight is 375 g/mol. The number of amides is 1. The summed E-state index contributed by atoms with van der Waals surface area (Å²) in [6.45, 7) is 2.63. The molecule has 0 aromatic carbocycles. The number of carbonyl (C=O) groups excluding carboxylic acids is 1. The molecule has 0 saturated carbocycles. The Labute approximate surface area is 145 Å². The molecule has 2 heterocycles. The fourth-order valence-corrected chi connectivity index (χ4v) is 4.87. The first-order valence-corrected chi connectivity index (χ1v) is 10.2. The lowest BCUT2D eigenvalue weighted by molar-refractivity contribution is -0.137. The lowest BCUT2D eigenvalue weighted by Crippen LogP contribution is -2.37. The van der Waals surface area contributed by atoms with E-state index in [9.17, 15) is 18.0 Å². The second kappa shape index (κ2) is 8.04. The molecule has 1 aliphatic rings. The Kier molecular flexibility index (Phi) is 6.30. The van der Waals surface area contributed by atoms with Gasteiger partial charge in [0.25, 0.3) is 5.91 Å². The summed E-state index contributed by atoms with van der Waals surface area (Å²) < 4.78 is 26.5. The Balaban J connectivity index is 2.01. The van der Waals surface area contributed by atoms with Gasteiger partial charge in [0, 0.05) is 43.3 Å². The minimum Gasteiger partial charge on any atom is -0.481 e. The number of H-pyrrole nitrogens is 1.